The Morgan fingerprint density at radius 2 is 1.74 bits per heavy atom. The second-order valence-corrected chi connectivity index (χ2v) is 8.25. The summed E-state index contributed by atoms with van der Waals surface area (Å²) in [5.74, 6) is -0.303. The normalized spacial score (nSPS) is 14.7. The largest absolute Gasteiger partial charge is 0.573 e. The molecule has 1 heterocycles. The number of carbonyl (C=O) groups is 1. The summed E-state index contributed by atoms with van der Waals surface area (Å²) >= 11 is 2.61. The van der Waals surface area contributed by atoms with Crippen molar-refractivity contribution < 1.29 is 36.0 Å². The number of para-hydroxylation sites is 2. The predicted molar refractivity (Wildman–Crippen MR) is 127 cm³/mol. The van der Waals surface area contributed by atoms with Crippen molar-refractivity contribution in [3.05, 3.63) is 54.1 Å². The van der Waals surface area contributed by atoms with Crippen molar-refractivity contribution in [1.82, 2.24) is 4.90 Å². The second kappa shape index (κ2) is 12.8. The number of benzene rings is 2. The van der Waals surface area contributed by atoms with Gasteiger partial charge in [0.05, 0.1) is 5.69 Å². The fraction of sp³-hybridized carbons (Fsp3) is 0.333. The fourth-order valence-electron chi connectivity index (χ4n) is 3.32. The number of halogens is 3. The molecule has 0 bridgehead atoms. The van der Waals surface area contributed by atoms with Gasteiger partial charge in [0.2, 0.25) is 0 Å². The van der Waals surface area contributed by atoms with E-state index in [1.807, 2.05) is 7.05 Å². The average Bonchev–Trinajstić information content (AvgIpc) is 2.74. The number of likely N-dealkylation sites (tertiary alicyclic amines) is 1. The SMILES string of the molecule is CN1CCC(C(=O)c2cccc(NC(=S)Nc3ccccc3OC(F)(F)F)c2)CC1.O=S(O)O. The van der Waals surface area contributed by atoms with Crippen LogP contribution in [-0.4, -0.2) is 55.6 Å². The van der Waals surface area contributed by atoms with Gasteiger partial charge >= 0.3 is 6.36 Å². The van der Waals surface area contributed by atoms with Crippen LogP contribution in [0.4, 0.5) is 24.5 Å². The molecule has 2 aromatic rings. The number of anilines is 2. The molecule has 3 rings (SSSR count). The molecule has 0 unspecified atom stereocenters. The van der Waals surface area contributed by atoms with Gasteiger partial charge in [-0.3, -0.25) is 13.9 Å². The van der Waals surface area contributed by atoms with E-state index < -0.39 is 17.7 Å². The molecule has 13 heteroatoms. The Labute approximate surface area is 202 Å². The minimum Gasteiger partial charge on any atom is -0.404 e. The van der Waals surface area contributed by atoms with Gasteiger partial charge in [0.25, 0.3) is 11.4 Å². The molecule has 0 saturated carbocycles. The molecular weight excluding hydrogens is 495 g/mol. The molecule has 1 saturated heterocycles. The summed E-state index contributed by atoms with van der Waals surface area (Å²) in [6, 6.07) is 12.6. The van der Waals surface area contributed by atoms with E-state index in [-0.39, 0.29) is 28.3 Å². The summed E-state index contributed by atoms with van der Waals surface area (Å²) in [5, 5.41) is 5.69. The lowest BCUT2D eigenvalue weighted by molar-refractivity contribution is -0.274. The Morgan fingerprint density at radius 1 is 1.12 bits per heavy atom. The van der Waals surface area contributed by atoms with Crippen LogP contribution < -0.4 is 15.4 Å². The summed E-state index contributed by atoms with van der Waals surface area (Å²) < 4.78 is 64.5. The smallest absolute Gasteiger partial charge is 0.404 e. The fourth-order valence-corrected chi connectivity index (χ4v) is 3.55. The zero-order chi connectivity index (χ0) is 25.3. The van der Waals surface area contributed by atoms with E-state index in [4.69, 9.17) is 25.5 Å². The maximum absolute atomic E-state index is 12.8. The number of nitrogens with zero attached hydrogens (tertiary/aromatic N) is 1. The van der Waals surface area contributed by atoms with E-state index in [1.54, 1.807) is 30.3 Å². The van der Waals surface area contributed by atoms with Crippen molar-refractivity contribution >= 4 is 45.8 Å². The maximum atomic E-state index is 12.8. The Balaban J connectivity index is 0.000000945. The summed E-state index contributed by atoms with van der Waals surface area (Å²) in [6.45, 7) is 1.78. The first-order valence-electron chi connectivity index (χ1n) is 10.00. The number of alkyl halides is 3. The van der Waals surface area contributed by atoms with E-state index in [2.05, 4.69) is 20.3 Å². The quantitative estimate of drug-likeness (QED) is 0.256. The number of carbonyl (C=O) groups excluding carboxylic acids is 1. The van der Waals surface area contributed by atoms with E-state index >= 15 is 0 Å². The number of piperidine rings is 1. The van der Waals surface area contributed by atoms with Crippen molar-refractivity contribution in [2.45, 2.75) is 19.2 Å². The molecule has 186 valence electrons. The van der Waals surface area contributed by atoms with Crippen LogP contribution in [-0.2, 0) is 11.4 Å². The number of Topliss-reactive ketones (excluding diaryl/α,β-unsaturated/α-hetero) is 1. The number of ether oxygens (including phenoxy) is 1. The molecule has 1 aliphatic rings. The minimum atomic E-state index is -4.81. The summed E-state index contributed by atoms with van der Waals surface area (Å²) in [7, 11) is 2.04. The molecule has 0 aromatic heterocycles. The first-order valence-corrected chi connectivity index (χ1v) is 11.5. The summed E-state index contributed by atoms with van der Waals surface area (Å²) in [4.78, 5) is 15.0. The first kappa shape index (κ1) is 27.7. The van der Waals surface area contributed by atoms with E-state index in [0.717, 1.165) is 25.9 Å². The van der Waals surface area contributed by atoms with Gasteiger partial charge in [0, 0.05) is 17.2 Å². The topological polar surface area (TPSA) is 111 Å². The third-order valence-corrected chi connectivity index (χ3v) is 5.06. The lowest BCUT2D eigenvalue weighted by atomic mass is 9.89. The Hall–Kier alpha value is -2.58. The van der Waals surface area contributed by atoms with Crippen molar-refractivity contribution in [1.29, 1.82) is 0 Å². The van der Waals surface area contributed by atoms with Crippen molar-refractivity contribution in [2.75, 3.05) is 30.8 Å². The maximum Gasteiger partial charge on any atom is 0.573 e. The number of hydrogen-bond acceptors (Lipinski definition) is 5. The van der Waals surface area contributed by atoms with E-state index in [1.165, 1.54) is 18.2 Å². The third-order valence-electron chi connectivity index (χ3n) is 4.86. The van der Waals surface area contributed by atoms with Crippen LogP contribution in [0.25, 0.3) is 0 Å². The molecule has 0 spiro atoms. The van der Waals surface area contributed by atoms with Crippen LogP contribution in [0.3, 0.4) is 0 Å². The first-order chi connectivity index (χ1) is 15.9. The van der Waals surface area contributed by atoms with Gasteiger partial charge in [-0.05, 0) is 69.5 Å². The molecule has 0 atom stereocenters. The molecule has 2 aromatic carbocycles. The highest BCUT2D eigenvalue weighted by atomic mass is 32.2. The molecule has 1 fully saturated rings. The van der Waals surface area contributed by atoms with Crippen LogP contribution in [0.1, 0.15) is 23.2 Å². The Bertz CT molecular complexity index is 1010. The van der Waals surface area contributed by atoms with Crippen LogP contribution >= 0.6 is 12.2 Å². The predicted octanol–water partition coefficient (Wildman–Crippen LogP) is 4.60. The van der Waals surface area contributed by atoms with E-state index in [9.17, 15) is 18.0 Å². The standard InChI is InChI=1S/C21H22F3N3O2S.H2O3S/c1-27-11-9-14(10-12-27)19(28)15-5-4-6-16(13-15)25-20(30)26-17-7-2-3-8-18(17)29-21(22,23)24;1-4(2)3/h2-8,13-14H,9-12H2,1H3,(H2,25,26,30);(H2,1,2,3). The Morgan fingerprint density at radius 3 is 2.35 bits per heavy atom. The van der Waals surface area contributed by atoms with Gasteiger partial charge in [-0.2, -0.15) is 4.21 Å². The number of nitrogens with one attached hydrogen (secondary N) is 2. The lowest BCUT2D eigenvalue weighted by Crippen LogP contribution is -2.33. The van der Waals surface area contributed by atoms with Crippen molar-refractivity contribution in [3.63, 3.8) is 0 Å². The highest BCUT2D eigenvalue weighted by Crippen LogP contribution is 2.30. The van der Waals surface area contributed by atoms with Gasteiger partial charge in [0.1, 0.15) is 0 Å². The number of hydrogen-bond donors (Lipinski definition) is 4. The Kier molecular flexibility index (Phi) is 10.4. The zero-order valence-electron chi connectivity index (χ0n) is 18.0. The molecule has 1 aliphatic heterocycles. The van der Waals surface area contributed by atoms with Crippen LogP contribution in [0, 0.1) is 5.92 Å². The molecule has 34 heavy (non-hydrogen) atoms. The van der Waals surface area contributed by atoms with Gasteiger partial charge in [-0.1, -0.05) is 24.3 Å². The molecule has 8 nitrogen and oxygen atoms in total. The van der Waals surface area contributed by atoms with Crippen molar-refractivity contribution in [2.24, 2.45) is 5.92 Å². The zero-order valence-corrected chi connectivity index (χ0v) is 19.7. The van der Waals surface area contributed by atoms with Crippen LogP contribution in [0.5, 0.6) is 5.75 Å². The molecule has 0 aliphatic carbocycles. The number of rotatable bonds is 5. The third kappa shape index (κ3) is 9.73. The number of thiocarbonyl (C=S) groups is 1. The minimum absolute atomic E-state index is 0.00655. The highest BCUT2D eigenvalue weighted by Gasteiger charge is 2.32. The summed E-state index contributed by atoms with van der Waals surface area (Å²) in [5.41, 5.74) is 1.23. The average molecular weight is 520 g/mol. The summed E-state index contributed by atoms with van der Waals surface area (Å²) in [6.07, 6.45) is -3.17. The molecule has 4 N–H and O–H groups in total. The van der Waals surface area contributed by atoms with Gasteiger partial charge in [0.15, 0.2) is 16.6 Å². The van der Waals surface area contributed by atoms with Gasteiger partial charge < -0.3 is 20.3 Å². The van der Waals surface area contributed by atoms with Gasteiger partial charge in [-0.15, -0.1) is 13.2 Å². The lowest BCUT2D eigenvalue weighted by Gasteiger charge is -2.28. The number of ketones is 1. The molecule has 0 radical (unpaired) electrons. The van der Waals surface area contributed by atoms with Crippen molar-refractivity contribution in [3.8, 4) is 5.75 Å². The van der Waals surface area contributed by atoms with Crippen LogP contribution in [0.2, 0.25) is 0 Å². The molecular formula is C21H24F3N3O5S2. The monoisotopic (exact) mass is 519 g/mol. The van der Waals surface area contributed by atoms with E-state index in [0.29, 0.717) is 11.3 Å². The second-order valence-electron chi connectivity index (χ2n) is 7.38. The van der Waals surface area contributed by atoms with Crippen LogP contribution in [0.15, 0.2) is 48.5 Å². The van der Waals surface area contributed by atoms with Gasteiger partial charge in [-0.25, -0.2) is 0 Å². The molecule has 0 amide bonds. The highest BCUT2D eigenvalue weighted by molar-refractivity contribution is 7.80.